The van der Waals surface area contributed by atoms with Gasteiger partial charge in [0.25, 0.3) is 0 Å². The number of ether oxygens (including phenoxy) is 11. The van der Waals surface area contributed by atoms with E-state index < -0.39 is 48.6 Å². The largest absolute Gasteiger partial charge is 0.444 e. The number of amides is 1. The van der Waals surface area contributed by atoms with Crippen molar-refractivity contribution < 1.29 is 92.3 Å². The molecule has 7 heterocycles. The van der Waals surface area contributed by atoms with Gasteiger partial charge in [0.2, 0.25) is 0 Å². The van der Waals surface area contributed by atoms with Crippen molar-refractivity contribution in [2.75, 3.05) is 33.0 Å². The molecule has 0 aromatic heterocycles. The third-order valence-electron chi connectivity index (χ3n) is 26.4. The number of carbonyl (C=O) groups is 2. The first-order valence-electron chi connectivity index (χ1n) is 39.9. The van der Waals surface area contributed by atoms with Crippen molar-refractivity contribution in [2.45, 2.75) is 337 Å². The monoisotopic (exact) mass is 1480 g/mol. The van der Waals surface area contributed by atoms with Gasteiger partial charge in [-0.25, -0.2) is 4.79 Å². The standard InChI is InChI=1S/C22H36O.C16H24O3.C15H20O4.C13H22O5.C10H20O2.C9H17NO4/c1-15(2)22-10-5-6-19(22)21(4)11-7-16-14-17(23)8-12-20(16,3)18(21)9-13-22;1-11-12(2)16(17)15(19-13(11)3)10-18-9-14-7-5-4-6-8-14;1-9-10(2)18-12-8-17-15(19-14(12)13(9)16)11-6-4-3-5-7-11;1-12(2)5-7-9(16-12)11-10(8(6-14)15-7)17-13(3,4)18-11;1-6-7(2)9(4)12-10(5-11)8(6)3;1-6(12)7(5-11)10-8(13)14-9(2,3)4/h7,15,17-19,23H,5-6,8-14H2,1-4H3;4-8,11-13,15-17H,9-10H2,1-3H3;3-7,9-10,12-16H,8H2,1-2H3;7-11,14H,5-6H2,1-4H3;6-11H,5H2,1-4H3;7,11H,5H2,1-4H3,(H,10,13)/t17-,18+,19-,20-,21+,22-;11?,12-,13-,15?,16+;9?,10-,12?,13-,14-,15?;7-,8?,9?,10+,11-;6-,7?,8+,9-,10?;7-/m011110/s1. The fraction of sp³-hybridized carbons (Fsp3) is 0.812. The highest BCUT2D eigenvalue weighted by Gasteiger charge is 2.64. The molecule has 13 rings (SSSR count). The van der Waals surface area contributed by atoms with E-state index in [2.05, 4.69) is 101 Å². The molecule has 3 saturated carbocycles. The summed E-state index contributed by atoms with van der Waals surface area (Å²) in [5.41, 5.74) is 4.40. The molecule has 0 radical (unpaired) electrons. The van der Waals surface area contributed by atoms with E-state index in [9.17, 15) is 30.0 Å². The van der Waals surface area contributed by atoms with Crippen LogP contribution < -0.4 is 5.32 Å². The lowest BCUT2D eigenvalue weighted by atomic mass is 9.41. The summed E-state index contributed by atoms with van der Waals surface area (Å²) < 4.78 is 63.3. The average Bonchev–Trinajstić information content (AvgIpc) is 1.69. The second-order valence-corrected chi connectivity index (χ2v) is 35.8. The zero-order valence-corrected chi connectivity index (χ0v) is 67.7. The van der Waals surface area contributed by atoms with Crippen LogP contribution in [0, 0.1) is 69.5 Å². The molecule has 105 heavy (non-hydrogen) atoms. The lowest BCUT2D eigenvalue weighted by Gasteiger charge is -2.64. The average molecular weight is 1480 g/mol. The maximum absolute atomic E-state index is 11.1. The lowest BCUT2D eigenvalue weighted by molar-refractivity contribution is -0.318. The van der Waals surface area contributed by atoms with Gasteiger partial charge in [0.1, 0.15) is 54.4 Å². The van der Waals surface area contributed by atoms with Crippen LogP contribution in [0.2, 0.25) is 0 Å². The number of Topliss-reactive ketones (excluding diaryl/α,β-unsaturated/α-hetero) is 1. The van der Waals surface area contributed by atoms with Gasteiger partial charge in [-0.1, -0.05) is 148 Å². The zero-order valence-electron chi connectivity index (χ0n) is 67.7. The maximum Gasteiger partial charge on any atom is 0.408 e. The molecule has 10 fully saturated rings. The summed E-state index contributed by atoms with van der Waals surface area (Å²) in [5, 5.41) is 60.2. The molecule has 7 aliphatic heterocycles. The summed E-state index contributed by atoms with van der Waals surface area (Å²) in [7, 11) is 0. The van der Waals surface area contributed by atoms with Gasteiger partial charge >= 0.3 is 6.09 Å². The van der Waals surface area contributed by atoms with Crippen LogP contribution in [0.15, 0.2) is 72.3 Å². The highest BCUT2D eigenvalue weighted by molar-refractivity contribution is 5.85. The fourth-order valence-corrected chi connectivity index (χ4v) is 19.2. The summed E-state index contributed by atoms with van der Waals surface area (Å²) in [6.45, 7) is 44.6. The van der Waals surface area contributed by atoms with Crippen molar-refractivity contribution in [1.82, 2.24) is 5.32 Å². The molecule has 20 heteroatoms. The van der Waals surface area contributed by atoms with Gasteiger partial charge in [0, 0.05) is 17.9 Å². The third kappa shape index (κ3) is 21.0. The van der Waals surface area contributed by atoms with Crippen LogP contribution in [0.4, 0.5) is 4.79 Å². The van der Waals surface area contributed by atoms with E-state index in [4.69, 9.17) is 62.3 Å². The van der Waals surface area contributed by atoms with E-state index in [1.165, 1.54) is 51.9 Å². The van der Waals surface area contributed by atoms with Gasteiger partial charge in [-0.3, -0.25) is 4.79 Å². The van der Waals surface area contributed by atoms with Gasteiger partial charge < -0.3 is 88.1 Å². The Labute approximate surface area is 629 Å². The third-order valence-corrected chi connectivity index (χ3v) is 26.4. The summed E-state index contributed by atoms with van der Waals surface area (Å²) in [5.74, 6) is 4.06. The van der Waals surface area contributed by atoms with Crippen molar-refractivity contribution in [1.29, 1.82) is 0 Å². The number of allylic oxidation sites excluding steroid dienone is 1. The van der Waals surface area contributed by atoms with Crippen molar-refractivity contribution in [3.8, 4) is 0 Å². The van der Waals surface area contributed by atoms with Crippen molar-refractivity contribution >= 4 is 11.9 Å². The van der Waals surface area contributed by atoms with E-state index in [1.807, 2.05) is 88.4 Å². The summed E-state index contributed by atoms with van der Waals surface area (Å²) in [6.07, 6.45) is 11.9. The maximum atomic E-state index is 11.1. The Hall–Kier alpha value is -3.52. The molecule has 9 unspecified atom stereocenters. The number of alkyl carbamates (subject to hydrolysis) is 1. The van der Waals surface area contributed by atoms with Crippen LogP contribution in [-0.2, 0) is 63.5 Å². The number of nitrogens with one attached hydrogen (secondary N) is 1. The Morgan fingerprint density at radius 3 is 1.84 bits per heavy atom. The molecule has 4 aliphatic carbocycles. The quantitative estimate of drug-likeness (QED) is 0.103. The highest BCUT2D eigenvalue weighted by Crippen LogP contribution is 2.71. The number of hydrogen-bond acceptors (Lipinski definition) is 19. The van der Waals surface area contributed by atoms with Crippen LogP contribution in [0.5, 0.6) is 0 Å². The van der Waals surface area contributed by atoms with Crippen LogP contribution in [0.1, 0.15) is 227 Å². The lowest BCUT2D eigenvalue weighted by Crippen LogP contribution is -2.57. The van der Waals surface area contributed by atoms with E-state index >= 15 is 0 Å². The van der Waals surface area contributed by atoms with Gasteiger partial charge in [-0.05, 0) is 197 Å². The number of hydrogen-bond donors (Lipinski definition) is 7. The number of ketones is 1. The molecule has 598 valence electrons. The SMILES string of the molecule is CC(=O)[C@H](CO)NC(=O)OC(C)(C)C.CC(C)[C@@]12CCC[C@H]1[C@]1(C)CC=C3C[C@@H](O)CC[C@]3(C)[C@H]1CC2.CC1(C)C[C@H]2OC(CO)[C@@H]3OC(C)(C)O[C@@H]3C2O1.CC1[C@@H](C)[C@H](C)C(CO)O[C@@H]1C.CC1[C@@H](C)[C@H](O)C(COCc2ccccc2)O[C@@H]1C.CC1[C@@H](O)[C@@H]2OC(c3ccccc3)OCC2O[C@@H]1C. The Bertz CT molecular complexity index is 3020. The second-order valence-electron chi connectivity index (χ2n) is 35.8. The summed E-state index contributed by atoms with van der Waals surface area (Å²) >= 11 is 0. The molecule has 28 atom stereocenters. The molecular formula is C85H139NO19. The summed E-state index contributed by atoms with van der Waals surface area (Å²) in [6, 6.07) is 19.0. The molecule has 20 nitrogen and oxygen atoms in total. The molecule has 7 N–H and O–H groups in total. The number of aliphatic hydroxyl groups excluding tert-OH is 6. The predicted molar refractivity (Wildman–Crippen MR) is 403 cm³/mol. The minimum atomic E-state index is -0.884. The van der Waals surface area contributed by atoms with E-state index in [1.54, 1.807) is 26.3 Å². The molecule has 11 aliphatic rings. The van der Waals surface area contributed by atoms with Crippen LogP contribution >= 0.6 is 0 Å². The number of aliphatic hydroxyl groups is 6. The highest BCUT2D eigenvalue weighted by atomic mass is 16.8. The summed E-state index contributed by atoms with van der Waals surface area (Å²) in [4.78, 5) is 22.0. The molecule has 0 bridgehead atoms. The van der Waals surface area contributed by atoms with Gasteiger partial charge in [0.05, 0.1) is 94.1 Å². The Kier molecular flexibility index (Phi) is 30.5. The van der Waals surface area contributed by atoms with E-state index in [0.717, 1.165) is 48.1 Å². The first-order valence-corrected chi connectivity index (χ1v) is 39.9. The van der Waals surface area contributed by atoms with Gasteiger partial charge in [0.15, 0.2) is 17.9 Å². The number of rotatable bonds is 11. The van der Waals surface area contributed by atoms with Crippen molar-refractivity contribution in [3.63, 3.8) is 0 Å². The molecule has 2 aromatic rings. The number of carbonyl (C=O) groups excluding carboxylic acids is 2. The van der Waals surface area contributed by atoms with Crippen LogP contribution in [-0.4, -0.2) is 190 Å². The number of fused-ring (bicyclic) bond motifs is 9. The zero-order chi connectivity index (χ0) is 77.5. The Morgan fingerprint density at radius 2 is 1.23 bits per heavy atom. The van der Waals surface area contributed by atoms with Gasteiger partial charge in [-0.15, -0.1) is 0 Å². The fourth-order valence-electron chi connectivity index (χ4n) is 19.2. The normalized spacial score (nSPS) is 41.4. The first kappa shape index (κ1) is 87.1. The van der Waals surface area contributed by atoms with Crippen molar-refractivity contribution in [3.05, 3.63) is 83.4 Å². The molecular weight excluding hydrogens is 1340 g/mol. The Morgan fingerprint density at radius 1 is 0.619 bits per heavy atom. The number of benzene rings is 2. The smallest absolute Gasteiger partial charge is 0.408 e. The Balaban J connectivity index is 0.000000161. The minimum absolute atomic E-state index is 0.0177. The molecule has 7 saturated heterocycles. The van der Waals surface area contributed by atoms with Crippen molar-refractivity contribution in [2.24, 2.45) is 69.5 Å². The molecule has 0 spiro atoms. The predicted octanol–water partition coefficient (Wildman–Crippen LogP) is 13.2. The molecule has 1 amide bonds. The second kappa shape index (κ2) is 36.8. The topological polar surface area (TPSA) is 269 Å². The van der Waals surface area contributed by atoms with Gasteiger partial charge in [-0.2, -0.15) is 0 Å². The van der Waals surface area contributed by atoms with E-state index in [-0.39, 0.29) is 116 Å². The molecule has 2 aromatic carbocycles. The van der Waals surface area contributed by atoms with Crippen LogP contribution in [0.25, 0.3) is 0 Å². The van der Waals surface area contributed by atoms with E-state index in [0.29, 0.717) is 59.7 Å². The first-order chi connectivity index (χ1) is 49.2. The minimum Gasteiger partial charge on any atom is -0.444 e. The van der Waals surface area contributed by atoms with Crippen LogP contribution in [0.3, 0.4) is 0 Å².